The summed E-state index contributed by atoms with van der Waals surface area (Å²) in [6.45, 7) is 11.3. The van der Waals surface area contributed by atoms with Gasteiger partial charge in [-0.25, -0.2) is 0 Å². The van der Waals surface area contributed by atoms with Crippen molar-refractivity contribution in [2.45, 2.75) is 98.8 Å². The average Bonchev–Trinajstić information content (AvgIpc) is 3.00. The second-order valence-electron chi connectivity index (χ2n) is 9.35. The molecule has 4 aliphatic carbocycles. The van der Waals surface area contributed by atoms with E-state index < -0.39 is 0 Å². The molecule has 0 saturated heterocycles. The highest BCUT2D eigenvalue weighted by molar-refractivity contribution is 5.40. The highest BCUT2D eigenvalue weighted by Gasteiger charge is 2.52. The second kappa shape index (κ2) is 8.49. The minimum atomic E-state index is 0.540. The predicted octanol–water partition coefficient (Wildman–Crippen LogP) is 8.26. The van der Waals surface area contributed by atoms with Gasteiger partial charge in [0.1, 0.15) is 0 Å². The molecule has 26 heavy (non-hydrogen) atoms. The Morgan fingerprint density at radius 3 is 2.73 bits per heavy atom. The minimum Gasteiger partial charge on any atom is -0.0848 e. The van der Waals surface area contributed by atoms with Gasteiger partial charge in [-0.1, -0.05) is 71.3 Å². The maximum atomic E-state index is 2.65. The fourth-order valence-corrected chi connectivity index (χ4v) is 6.63. The molecule has 0 nitrogen and oxygen atoms in total. The second-order valence-corrected chi connectivity index (χ2v) is 9.35. The monoisotopic (exact) mass is 354 g/mol. The van der Waals surface area contributed by atoms with E-state index in [2.05, 4.69) is 39.0 Å². The lowest BCUT2D eigenvalue weighted by atomic mass is 9.54. The molecule has 0 aliphatic heterocycles. The van der Waals surface area contributed by atoms with Crippen molar-refractivity contribution in [3.8, 4) is 0 Å². The molecular weight excluding hydrogens is 312 g/mol. The standard InChI is InChI=1S/C24H36.C2H6/c1-4-5-6-7-19-10-13-23-22-12-9-18-16-17(2)8-11-20(18)21(22)14-15-24(19,23)3;1-2/h7,11,16-17,21-23H,4-6,8-10,12-15H2,1-3H3;1-2H3. The molecule has 0 heteroatoms. The Hall–Kier alpha value is -0.780. The van der Waals surface area contributed by atoms with E-state index >= 15 is 0 Å². The lowest BCUT2D eigenvalue weighted by Crippen LogP contribution is -2.42. The van der Waals surface area contributed by atoms with Gasteiger partial charge in [0.2, 0.25) is 0 Å². The van der Waals surface area contributed by atoms with Crippen LogP contribution in [0.25, 0.3) is 0 Å². The lowest BCUT2D eigenvalue weighted by molar-refractivity contribution is 0.0631. The Bertz CT molecular complexity index is 575. The van der Waals surface area contributed by atoms with Gasteiger partial charge in [0.05, 0.1) is 0 Å². The predicted molar refractivity (Wildman–Crippen MR) is 115 cm³/mol. The fourth-order valence-electron chi connectivity index (χ4n) is 6.63. The topological polar surface area (TPSA) is 0 Å². The van der Waals surface area contributed by atoms with E-state index in [-0.39, 0.29) is 0 Å². The van der Waals surface area contributed by atoms with Gasteiger partial charge in [0.25, 0.3) is 0 Å². The summed E-state index contributed by atoms with van der Waals surface area (Å²) in [4.78, 5) is 0. The molecule has 146 valence electrons. The molecule has 0 aromatic rings. The van der Waals surface area contributed by atoms with Crippen LogP contribution in [-0.4, -0.2) is 0 Å². The molecule has 5 unspecified atom stereocenters. The third-order valence-electron chi connectivity index (χ3n) is 7.95. The van der Waals surface area contributed by atoms with Crippen LogP contribution in [0.15, 0.2) is 34.9 Å². The summed E-state index contributed by atoms with van der Waals surface area (Å²) in [5.41, 5.74) is 5.90. The molecule has 4 rings (SSSR count). The van der Waals surface area contributed by atoms with E-state index in [1.54, 1.807) is 11.1 Å². The molecule has 3 fully saturated rings. The maximum absolute atomic E-state index is 2.65. The van der Waals surface area contributed by atoms with Crippen molar-refractivity contribution in [2.75, 3.05) is 0 Å². The zero-order chi connectivity index (χ0) is 18.7. The summed E-state index contributed by atoms with van der Waals surface area (Å²) in [6.07, 6.45) is 21.8. The van der Waals surface area contributed by atoms with Crippen molar-refractivity contribution < 1.29 is 0 Å². The summed E-state index contributed by atoms with van der Waals surface area (Å²) in [7, 11) is 0. The Morgan fingerprint density at radius 2 is 1.96 bits per heavy atom. The van der Waals surface area contributed by atoms with Gasteiger partial charge in [-0.3, -0.25) is 0 Å². The van der Waals surface area contributed by atoms with Gasteiger partial charge in [0.15, 0.2) is 0 Å². The Morgan fingerprint density at radius 1 is 1.15 bits per heavy atom. The van der Waals surface area contributed by atoms with Crippen LogP contribution in [0.2, 0.25) is 0 Å². The summed E-state index contributed by atoms with van der Waals surface area (Å²) >= 11 is 0. The average molecular weight is 355 g/mol. The van der Waals surface area contributed by atoms with Gasteiger partial charge in [-0.05, 0) is 91.6 Å². The summed E-state index contributed by atoms with van der Waals surface area (Å²) < 4.78 is 0. The number of hydrogen-bond donors (Lipinski definition) is 0. The van der Waals surface area contributed by atoms with Crippen LogP contribution in [0.3, 0.4) is 0 Å². The summed E-state index contributed by atoms with van der Waals surface area (Å²) in [6, 6.07) is 0. The quantitative estimate of drug-likeness (QED) is 0.353. The summed E-state index contributed by atoms with van der Waals surface area (Å²) in [5, 5.41) is 0. The van der Waals surface area contributed by atoms with Crippen molar-refractivity contribution in [1.82, 2.24) is 0 Å². The van der Waals surface area contributed by atoms with Crippen molar-refractivity contribution in [2.24, 2.45) is 29.1 Å². The zero-order valence-electron chi connectivity index (χ0n) is 18.1. The maximum Gasteiger partial charge on any atom is -0.00850 e. The Kier molecular flexibility index (Phi) is 6.52. The van der Waals surface area contributed by atoms with Gasteiger partial charge in [-0.2, -0.15) is 0 Å². The fraction of sp³-hybridized carbons (Fsp3) is 0.769. The van der Waals surface area contributed by atoms with Gasteiger partial charge >= 0.3 is 0 Å². The number of hydrogen-bond acceptors (Lipinski definition) is 0. The summed E-state index contributed by atoms with van der Waals surface area (Å²) in [5.74, 6) is 3.60. The minimum absolute atomic E-state index is 0.540. The highest BCUT2D eigenvalue weighted by atomic mass is 14.6. The highest BCUT2D eigenvalue weighted by Crippen LogP contribution is 2.63. The van der Waals surface area contributed by atoms with E-state index in [9.17, 15) is 0 Å². The number of rotatable bonds is 3. The van der Waals surface area contributed by atoms with Crippen molar-refractivity contribution in [1.29, 1.82) is 0 Å². The Labute approximate surface area is 163 Å². The van der Waals surface area contributed by atoms with E-state index in [4.69, 9.17) is 0 Å². The van der Waals surface area contributed by atoms with Crippen LogP contribution in [0.1, 0.15) is 98.8 Å². The van der Waals surface area contributed by atoms with Crippen molar-refractivity contribution >= 4 is 0 Å². The van der Waals surface area contributed by atoms with E-state index in [1.807, 2.05) is 19.4 Å². The first-order valence-electron chi connectivity index (χ1n) is 11.7. The zero-order valence-corrected chi connectivity index (χ0v) is 18.1. The van der Waals surface area contributed by atoms with Crippen LogP contribution in [0.5, 0.6) is 0 Å². The molecule has 0 heterocycles. The van der Waals surface area contributed by atoms with Crippen LogP contribution in [-0.2, 0) is 0 Å². The van der Waals surface area contributed by atoms with Gasteiger partial charge in [0, 0.05) is 0 Å². The molecular formula is C26H42. The van der Waals surface area contributed by atoms with Crippen LogP contribution >= 0.6 is 0 Å². The van der Waals surface area contributed by atoms with Gasteiger partial charge in [-0.15, -0.1) is 0 Å². The largest absolute Gasteiger partial charge is 0.0848 e. The van der Waals surface area contributed by atoms with Crippen molar-refractivity contribution in [3.63, 3.8) is 0 Å². The molecule has 0 spiro atoms. The van der Waals surface area contributed by atoms with Gasteiger partial charge < -0.3 is 0 Å². The molecule has 0 bridgehead atoms. The van der Waals surface area contributed by atoms with E-state index in [0.717, 1.165) is 23.7 Å². The number of allylic oxidation sites excluding steroid dienone is 6. The van der Waals surface area contributed by atoms with Crippen LogP contribution < -0.4 is 0 Å². The molecule has 3 saturated carbocycles. The van der Waals surface area contributed by atoms with Crippen LogP contribution in [0.4, 0.5) is 0 Å². The molecule has 0 amide bonds. The Balaban J connectivity index is 0.000000948. The van der Waals surface area contributed by atoms with E-state index in [1.165, 1.54) is 64.2 Å². The third-order valence-corrected chi connectivity index (χ3v) is 7.95. The first kappa shape index (κ1) is 20.0. The lowest BCUT2D eigenvalue weighted by Gasteiger charge is -2.51. The number of unbranched alkanes of at least 4 members (excludes halogenated alkanes) is 2. The smallest absolute Gasteiger partial charge is 0.00850 e. The third kappa shape index (κ3) is 3.50. The van der Waals surface area contributed by atoms with E-state index in [0.29, 0.717) is 5.41 Å². The molecule has 0 aromatic heterocycles. The first-order valence-corrected chi connectivity index (χ1v) is 11.7. The molecule has 0 aromatic carbocycles. The molecule has 5 atom stereocenters. The SMILES string of the molecule is CC.CCCCC=C1CCC2C3CCC4=CC(C)CC=C4C3CCC12C. The van der Waals surface area contributed by atoms with Crippen LogP contribution in [0, 0.1) is 29.1 Å². The molecule has 0 N–H and O–H groups in total. The first-order chi connectivity index (χ1) is 12.6. The normalized spacial score (nSPS) is 39.8. The molecule has 4 aliphatic rings. The molecule has 0 radical (unpaired) electrons. The number of fused-ring (bicyclic) bond motifs is 5. The van der Waals surface area contributed by atoms with Crippen molar-refractivity contribution in [3.05, 3.63) is 34.9 Å².